The van der Waals surface area contributed by atoms with Crippen molar-refractivity contribution in [2.45, 2.75) is 65.4 Å². The average Bonchev–Trinajstić information content (AvgIpc) is 2.64. The molecule has 3 heteroatoms. The fraction of sp³-hybridized carbons (Fsp3) is 0.929. The molecule has 0 aromatic heterocycles. The van der Waals surface area contributed by atoms with Gasteiger partial charge >= 0.3 is 0 Å². The third kappa shape index (κ3) is 6.67. The van der Waals surface area contributed by atoms with Crippen LogP contribution in [-0.4, -0.2) is 23.7 Å². The Labute approximate surface area is 105 Å². The van der Waals surface area contributed by atoms with E-state index < -0.39 is 6.10 Å². The summed E-state index contributed by atoms with van der Waals surface area (Å²) in [5, 5.41) is 12.6. The summed E-state index contributed by atoms with van der Waals surface area (Å²) in [6, 6.07) is 0. The van der Waals surface area contributed by atoms with Crippen molar-refractivity contribution in [3.05, 3.63) is 0 Å². The first-order chi connectivity index (χ1) is 7.87. The molecule has 1 unspecified atom stereocenters. The van der Waals surface area contributed by atoms with Gasteiger partial charge in [-0.1, -0.05) is 33.6 Å². The van der Waals surface area contributed by atoms with Crippen LogP contribution in [0.4, 0.5) is 0 Å². The lowest BCUT2D eigenvalue weighted by Gasteiger charge is -2.22. The summed E-state index contributed by atoms with van der Waals surface area (Å²) in [5.74, 6) is 0.680. The maximum absolute atomic E-state index is 11.6. The number of hydrogen-bond acceptors (Lipinski definition) is 2. The Kier molecular flexibility index (Phi) is 5.44. The summed E-state index contributed by atoms with van der Waals surface area (Å²) in [6.45, 7) is 6.67. The second-order valence-electron chi connectivity index (χ2n) is 6.58. The van der Waals surface area contributed by atoms with Crippen LogP contribution in [-0.2, 0) is 4.79 Å². The number of carbonyl (C=O) groups excluding carboxylic acids is 1. The van der Waals surface area contributed by atoms with Crippen LogP contribution in [0.15, 0.2) is 0 Å². The molecule has 1 rings (SSSR count). The highest BCUT2D eigenvalue weighted by Gasteiger charge is 2.20. The molecule has 0 spiro atoms. The quantitative estimate of drug-likeness (QED) is 0.777. The first-order valence-electron chi connectivity index (χ1n) is 6.81. The summed E-state index contributed by atoms with van der Waals surface area (Å²) < 4.78 is 0. The number of rotatable bonds is 5. The molecule has 1 aliphatic carbocycles. The van der Waals surface area contributed by atoms with Crippen LogP contribution in [0.25, 0.3) is 0 Å². The number of amides is 1. The zero-order valence-corrected chi connectivity index (χ0v) is 11.5. The van der Waals surface area contributed by atoms with Gasteiger partial charge in [-0.2, -0.15) is 0 Å². The molecular weight excluding hydrogens is 214 g/mol. The molecular formula is C14H27NO2. The molecule has 0 saturated heterocycles. The van der Waals surface area contributed by atoms with E-state index in [1.807, 2.05) is 0 Å². The van der Waals surface area contributed by atoms with Gasteiger partial charge in [-0.15, -0.1) is 0 Å². The summed E-state index contributed by atoms with van der Waals surface area (Å²) in [6.07, 6.45) is 5.85. The normalized spacial score (nSPS) is 19.3. The fourth-order valence-corrected chi connectivity index (χ4v) is 2.56. The third-order valence-electron chi connectivity index (χ3n) is 3.33. The van der Waals surface area contributed by atoms with Gasteiger partial charge in [0.05, 0.1) is 6.10 Å². The molecule has 1 atom stereocenters. The van der Waals surface area contributed by atoms with Crippen LogP contribution in [0, 0.1) is 11.3 Å². The molecule has 0 aromatic rings. The Balaban J connectivity index is 2.14. The van der Waals surface area contributed by atoms with Gasteiger partial charge in [0.2, 0.25) is 5.91 Å². The highest BCUT2D eigenvalue weighted by molar-refractivity contribution is 5.76. The Bertz CT molecular complexity index is 239. The highest BCUT2D eigenvalue weighted by atomic mass is 16.3. The Morgan fingerprint density at radius 3 is 2.47 bits per heavy atom. The molecule has 1 fully saturated rings. The van der Waals surface area contributed by atoms with E-state index >= 15 is 0 Å². The van der Waals surface area contributed by atoms with E-state index in [-0.39, 0.29) is 11.3 Å². The summed E-state index contributed by atoms with van der Waals surface area (Å²) >= 11 is 0. The van der Waals surface area contributed by atoms with E-state index in [9.17, 15) is 9.90 Å². The van der Waals surface area contributed by atoms with Gasteiger partial charge in [0.15, 0.2) is 0 Å². The lowest BCUT2D eigenvalue weighted by atomic mass is 9.89. The number of aliphatic hydroxyl groups excluding tert-OH is 1. The van der Waals surface area contributed by atoms with Crippen molar-refractivity contribution in [2.75, 3.05) is 6.54 Å². The fourth-order valence-electron chi connectivity index (χ4n) is 2.56. The molecule has 0 radical (unpaired) electrons. The number of nitrogens with one attached hydrogen (secondary N) is 1. The Morgan fingerprint density at radius 1 is 1.35 bits per heavy atom. The van der Waals surface area contributed by atoms with Crippen molar-refractivity contribution < 1.29 is 9.90 Å². The standard InChI is InChI=1S/C14H27NO2/c1-14(2,3)9-12(16)10-15-13(17)8-11-6-4-5-7-11/h11-12,16H,4-10H2,1-3H3,(H,15,17). The van der Waals surface area contributed by atoms with Gasteiger partial charge in [-0.25, -0.2) is 0 Å². The monoisotopic (exact) mass is 241 g/mol. The Morgan fingerprint density at radius 2 is 1.94 bits per heavy atom. The van der Waals surface area contributed by atoms with E-state index in [4.69, 9.17) is 0 Å². The zero-order chi connectivity index (χ0) is 12.9. The largest absolute Gasteiger partial charge is 0.391 e. The minimum Gasteiger partial charge on any atom is -0.391 e. The van der Waals surface area contributed by atoms with Crippen molar-refractivity contribution >= 4 is 5.91 Å². The molecule has 3 nitrogen and oxygen atoms in total. The molecule has 1 aliphatic rings. The van der Waals surface area contributed by atoms with Gasteiger partial charge in [0.1, 0.15) is 0 Å². The maximum Gasteiger partial charge on any atom is 0.220 e. The molecule has 1 amide bonds. The molecule has 1 saturated carbocycles. The van der Waals surface area contributed by atoms with Gasteiger partial charge in [0.25, 0.3) is 0 Å². The summed E-state index contributed by atoms with van der Waals surface area (Å²) in [4.78, 5) is 11.6. The average molecular weight is 241 g/mol. The Hall–Kier alpha value is -0.570. The minimum absolute atomic E-state index is 0.102. The molecule has 0 aromatic carbocycles. The van der Waals surface area contributed by atoms with E-state index in [0.29, 0.717) is 18.9 Å². The van der Waals surface area contributed by atoms with Gasteiger partial charge in [-0.05, 0) is 30.6 Å². The molecule has 2 N–H and O–H groups in total. The van der Waals surface area contributed by atoms with Crippen molar-refractivity contribution in [3.8, 4) is 0 Å². The van der Waals surface area contributed by atoms with Crippen molar-refractivity contribution in [2.24, 2.45) is 11.3 Å². The predicted molar refractivity (Wildman–Crippen MR) is 69.7 cm³/mol. The van der Waals surface area contributed by atoms with Crippen LogP contribution >= 0.6 is 0 Å². The van der Waals surface area contributed by atoms with Gasteiger partial charge < -0.3 is 10.4 Å². The van der Waals surface area contributed by atoms with Crippen LogP contribution in [0.2, 0.25) is 0 Å². The topological polar surface area (TPSA) is 49.3 Å². The second kappa shape index (κ2) is 6.39. The van der Waals surface area contributed by atoms with Crippen molar-refractivity contribution in [3.63, 3.8) is 0 Å². The first kappa shape index (κ1) is 14.5. The van der Waals surface area contributed by atoms with Crippen LogP contribution in [0.1, 0.15) is 59.3 Å². The third-order valence-corrected chi connectivity index (χ3v) is 3.33. The van der Waals surface area contributed by atoms with Crippen molar-refractivity contribution in [1.82, 2.24) is 5.32 Å². The molecule has 100 valence electrons. The van der Waals surface area contributed by atoms with Crippen LogP contribution in [0.5, 0.6) is 0 Å². The number of carbonyl (C=O) groups is 1. The lowest BCUT2D eigenvalue weighted by Crippen LogP contribution is -2.34. The first-order valence-corrected chi connectivity index (χ1v) is 6.81. The zero-order valence-electron chi connectivity index (χ0n) is 11.5. The SMILES string of the molecule is CC(C)(C)CC(O)CNC(=O)CC1CCCC1. The summed E-state index contributed by atoms with van der Waals surface area (Å²) in [5.41, 5.74) is 0.107. The highest BCUT2D eigenvalue weighted by Crippen LogP contribution is 2.27. The van der Waals surface area contributed by atoms with E-state index in [1.165, 1.54) is 25.7 Å². The van der Waals surface area contributed by atoms with E-state index in [0.717, 1.165) is 6.42 Å². The molecule has 0 heterocycles. The summed E-state index contributed by atoms with van der Waals surface area (Å²) in [7, 11) is 0. The molecule has 0 aliphatic heterocycles. The second-order valence-corrected chi connectivity index (χ2v) is 6.58. The van der Waals surface area contributed by atoms with Crippen LogP contribution < -0.4 is 5.32 Å². The maximum atomic E-state index is 11.6. The molecule has 17 heavy (non-hydrogen) atoms. The van der Waals surface area contributed by atoms with E-state index in [1.54, 1.807) is 0 Å². The smallest absolute Gasteiger partial charge is 0.220 e. The lowest BCUT2D eigenvalue weighted by molar-refractivity contribution is -0.122. The molecule has 0 bridgehead atoms. The van der Waals surface area contributed by atoms with Crippen LogP contribution in [0.3, 0.4) is 0 Å². The number of hydrogen-bond donors (Lipinski definition) is 2. The van der Waals surface area contributed by atoms with Gasteiger partial charge in [-0.3, -0.25) is 4.79 Å². The van der Waals surface area contributed by atoms with E-state index in [2.05, 4.69) is 26.1 Å². The van der Waals surface area contributed by atoms with Gasteiger partial charge in [0, 0.05) is 13.0 Å². The van der Waals surface area contributed by atoms with Crippen molar-refractivity contribution in [1.29, 1.82) is 0 Å². The minimum atomic E-state index is -0.428. The predicted octanol–water partition coefficient (Wildman–Crippen LogP) is 2.48. The number of aliphatic hydroxyl groups is 1.